The Morgan fingerprint density at radius 1 is 0.970 bits per heavy atom. The third-order valence-electron chi connectivity index (χ3n) is 5.42. The molecule has 1 aliphatic carbocycles. The third kappa shape index (κ3) is 6.66. The monoisotopic (exact) mass is 464 g/mol. The molecule has 0 aliphatic heterocycles. The minimum Gasteiger partial charge on any atom is -0.487 e. The zero-order chi connectivity index (χ0) is 23.3. The Labute approximate surface area is 195 Å². The highest BCUT2D eigenvalue weighted by Crippen LogP contribution is 2.27. The molecule has 3 aromatic carbocycles. The summed E-state index contributed by atoms with van der Waals surface area (Å²) in [5.74, 6) is 0.500. The van der Waals surface area contributed by atoms with E-state index in [0.29, 0.717) is 24.5 Å². The van der Waals surface area contributed by atoms with Crippen molar-refractivity contribution in [2.75, 3.05) is 5.32 Å². The Morgan fingerprint density at radius 3 is 2.39 bits per heavy atom. The lowest BCUT2D eigenvalue weighted by atomic mass is 10.1. The molecule has 2 N–H and O–H groups in total. The van der Waals surface area contributed by atoms with Gasteiger partial charge in [-0.25, -0.2) is 13.1 Å². The van der Waals surface area contributed by atoms with Crippen LogP contribution in [0.4, 0.5) is 5.69 Å². The highest BCUT2D eigenvalue weighted by Gasteiger charge is 2.27. The summed E-state index contributed by atoms with van der Waals surface area (Å²) in [6.45, 7) is 2.39. The molecule has 0 bridgehead atoms. The Morgan fingerprint density at radius 2 is 1.70 bits per heavy atom. The molecule has 3 aromatic rings. The lowest BCUT2D eigenvalue weighted by molar-refractivity contribution is -0.116. The van der Waals surface area contributed by atoms with Crippen LogP contribution in [0.1, 0.15) is 36.0 Å². The van der Waals surface area contributed by atoms with Crippen molar-refractivity contribution in [2.24, 2.45) is 0 Å². The van der Waals surface area contributed by atoms with Crippen molar-refractivity contribution in [1.29, 1.82) is 0 Å². The van der Waals surface area contributed by atoms with E-state index in [1.807, 2.05) is 55.5 Å². The highest BCUT2D eigenvalue weighted by atomic mass is 32.2. The second-order valence-corrected chi connectivity index (χ2v) is 10.1. The van der Waals surface area contributed by atoms with Gasteiger partial charge in [0.1, 0.15) is 12.4 Å². The number of sulfonamides is 1. The van der Waals surface area contributed by atoms with Crippen LogP contribution < -0.4 is 14.8 Å². The summed E-state index contributed by atoms with van der Waals surface area (Å²) in [5.41, 5.74) is 3.63. The van der Waals surface area contributed by atoms with Crippen LogP contribution in [0.15, 0.2) is 77.7 Å². The molecule has 1 fully saturated rings. The summed E-state index contributed by atoms with van der Waals surface area (Å²) >= 11 is 0. The van der Waals surface area contributed by atoms with Crippen LogP contribution >= 0.6 is 0 Å². The molecule has 0 aromatic heterocycles. The van der Waals surface area contributed by atoms with E-state index in [2.05, 4.69) is 10.0 Å². The summed E-state index contributed by atoms with van der Waals surface area (Å²) in [5, 5.41) is 2.94. The molecule has 4 rings (SSSR count). The number of benzene rings is 3. The lowest BCUT2D eigenvalue weighted by Gasteiger charge is -2.14. The van der Waals surface area contributed by atoms with E-state index in [1.54, 1.807) is 24.3 Å². The molecule has 1 saturated carbocycles. The average Bonchev–Trinajstić information content (AvgIpc) is 3.62. The minimum atomic E-state index is -3.46. The molecule has 1 amide bonds. The smallest absolute Gasteiger partial charge is 0.240 e. The van der Waals surface area contributed by atoms with Crippen LogP contribution in [0.3, 0.4) is 0 Å². The fraction of sp³-hybridized carbons (Fsp3) is 0.269. The molecular weight excluding hydrogens is 436 g/mol. The fourth-order valence-corrected chi connectivity index (χ4v) is 4.69. The third-order valence-corrected chi connectivity index (χ3v) is 6.96. The van der Waals surface area contributed by atoms with E-state index in [-0.39, 0.29) is 23.3 Å². The van der Waals surface area contributed by atoms with Gasteiger partial charge in [0.15, 0.2) is 0 Å². The minimum absolute atomic E-state index is 0.0710. The molecule has 7 heteroatoms. The maximum absolute atomic E-state index is 12.6. The summed E-state index contributed by atoms with van der Waals surface area (Å²) < 4.78 is 33.2. The summed E-state index contributed by atoms with van der Waals surface area (Å²) in [7, 11) is -3.46. The quantitative estimate of drug-likeness (QED) is 0.460. The summed E-state index contributed by atoms with van der Waals surface area (Å²) in [6.07, 6.45) is 2.57. The molecule has 6 nitrogen and oxygen atoms in total. The number of anilines is 1. The van der Waals surface area contributed by atoms with Gasteiger partial charge in [0.2, 0.25) is 15.9 Å². The van der Waals surface area contributed by atoms with Crippen molar-refractivity contribution < 1.29 is 17.9 Å². The molecule has 0 heterocycles. The van der Waals surface area contributed by atoms with Gasteiger partial charge in [0, 0.05) is 12.5 Å². The molecule has 0 saturated heterocycles. The zero-order valence-electron chi connectivity index (χ0n) is 18.6. The largest absolute Gasteiger partial charge is 0.487 e. The zero-order valence-corrected chi connectivity index (χ0v) is 19.4. The molecule has 0 unspecified atom stereocenters. The number of aryl methyl sites for hydroxylation is 2. The van der Waals surface area contributed by atoms with Crippen LogP contribution in [-0.4, -0.2) is 20.4 Å². The normalized spacial score (nSPS) is 13.5. The van der Waals surface area contributed by atoms with Crippen LogP contribution in [0.5, 0.6) is 5.75 Å². The first-order valence-corrected chi connectivity index (χ1v) is 12.6. The highest BCUT2D eigenvalue weighted by molar-refractivity contribution is 7.89. The predicted octanol–water partition coefficient (Wildman–Crippen LogP) is 4.59. The second-order valence-electron chi connectivity index (χ2n) is 8.36. The Balaban J connectivity index is 1.33. The SMILES string of the molecule is Cc1ccc(NC(=O)CCc2ccc(S(=O)(=O)NC3CC3)cc2)c(OCc2ccccc2)c1. The van der Waals surface area contributed by atoms with Gasteiger partial charge in [0.05, 0.1) is 10.6 Å². The van der Waals surface area contributed by atoms with Crippen molar-refractivity contribution in [2.45, 2.75) is 50.2 Å². The molecule has 0 atom stereocenters. The van der Waals surface area contributed by atoms with Crippen molar-refractivity contribution >= 4 is 21.6 Å². The van der Waals surface area contributed by atoms with Crippen molar-refractivity contribution in [3.05, 3.63) is 89.5 Å². The van der Waals surface area contributed by atoms with E-state index in [1.165, 1.54) is 0 Å². The number of rotatable bonds is 10. The standard InChI is InChI=1S/C26H28N2O4S/c1-19-7-15-24(25(17-19)32-18-21-5-3-2-4-6-21)27-26(29)16-10-20-8-13-23(14-9-20)33(30,31)28-22-11-12-22/h2-9,13-15,17,22,28H,10-12,16,18H2,1H3,(H,27,29). The predicted molar refractivity (Wildman–Crippen MR) is 129 cm³/mol. The van der Waals surface area contributed by atoms with Gasteiger partial charge in [-0.1, -0.05) is 48.5 Å². The van der Waals surface area contributed by atoms with Crippen molar-refractivity contribution in [3.8, 4) is 5.75 Å². The first-order valence-electron chi connectivity index (χ1n) is 11.1. The molecule has 0 spiro atoms. The van der Waals surface area contributed by atoms with E-state index in [0.717, 1.165) is 29.5 Å². The van der Waals surface area contributed by atoms with Crippen molar-refractivity contribution in [3.63, 3.8) is 0 Å². The topological polar surface area (TPSA) is 84.5 Å². The van der Waals surface area contributed by atoms with Gasteiger partial charge in [-0.15, -0.1) is 0 Å². The van der Waals surface area contributed by atoms with E-state index < -0.39 is 10.0 Å². The van der Waals surface area contributed by atoms with Gasteiger partial charge in [-0.3, -0.25) is 4.79 Å². The molecule has 1 aliphatic rings. The van der Waals surface area contributed by atoms with Gasteiger partial charge in [0.25, 0.3) is 0 Å². The number of hydrogen-bond acceptors (Lipinski definition) is 4. The van der Waals surface area contributed by atoms with E-state index in [9.17, 15) is 13.2 Å². The molecule has 172 valence electrons. The first-order chi connectivity index (χ1) is 15.9. The summed E-state index contributed by atoms with van der Waals surface area (Å²) in [4.78, 5) is 12.8. The van der Waals surface area contributed by atoms with Gasteiger partial charge < -0.3 is 10.1 Å². The van der Waals surface area contributed by atoms with Crippen molar-refractivity contribution in [1.82, 2.24) is 4.72 Å². The van der Waals surface area contributed by atoms with Crippen LogP contribution in [0.25, 0.3) is 0 Å². The average molecular weight is 465 g/mol. The number of carbonyl (C=O) groups excluding carboxylic acids is 1. The molecule has 33 heavy (non-hydrogen) atoms. The van der Waals surface area contributed by atoms with Crippen LogP contribution in [-0.2, 0) is 27.8 Å². The molecule has 0 radical (unpaired) electrons. The summed E-state index contributed by atoms with van der Waals surface area (Å²) in [6, 6.07) is 22.3. The lowest BCUT2D eigenvalue weighted by Crippen LogP contribution is -2.25. The first kappa shape index (κ1) is 23.0. The Hall–Kier alpha value is -3.16. The fourth-order valence-electron chi connectivity index (χ4n) is 3.38. The van der Waals surface area contributed by atoms with Gasteiger partial charge >= 0.3 is 0 Å². The number of ether oxygens (including phenoxy) is 1. The van der Waals surface area contributed by atoms with Gasteiger partial charge in [-0.2, -0.15) is 0 Å². The van der Waals surface area contributed by atoms with Crippen LogP contribution in [0.2, 0.25) is 0 Å². The maximum Gasteiger partial charge on any atom is 0.240 e. The number of nitrogens with one attached hydrogen (secondary N) is 2. The van der Waals surface area contributed by atoms with E-state index in [4.69, 9.17) is 4.74 Å². The number of hydrogen-bond donors (Lipinski definition) is 2. The van der Waals surface area contributed by atoms with E-state index >= 15 is 0 Å². The maximum atomic E-state index is 12.6. The molecular formula is C26H28N2O4S. The van der Waals surface area contributed by atoms with Crippen LogP contribution in [0, 0.1) is 6.92 Å². The Bertz CT molecular complexity index is 1200. The second kappa shape index (κ2) is 10.2. The number of amides is 1. The van der Waals surface area contributed by atoms with Gasteiger partial charge in [-0.05, 0) is 67.1 Å². The number of carbonyl (C=O) groups is 1. The Kier molecular flexibility index (Phi) is 7.11.